The number of nitrogens with zero attached hydrogens (tertiary/aromatic N) is 3. The summed E-state index contributed by atoms with van der Waals surface area (Å²) in [6, 6.07) is 17.1. The number of hydrogen-bond acceptors (Lipinski definition) is 4. The van der Waals surface area contributed by atoms with Gasteiger partial charge in [-0.3, -0.25) is 19.3 Å². The number of rotatable bonds is 3. The summed E-state index contributed by atoms with van der Waals surface area (Å²) in [7, 11) is 0. The fourth-order valence-electron chi connectivity index (χ4n) is 5.24. The van der Waals surface area contributed by atoms with Crippen molar-refractivity contribution in [3.63, 3.8) is 0 Å². The van der Waals surface area contributed by atoms with Gasteiger partial charge in [-0.25, -0.2) is 0 Å². The maximum absolute atomic E-state index is 13.3. The molecule has 2 aromatic carbocycles. The van der Waals surface area contributed by atoms with E-state index >= 15 is 0 Å². The Morgan fingerprint density at radius 1 is 0.906 bits per heavy atom. The second-order valence-electron chi connectivity index (χ2n) is 8.90. The topological polar surface area (TPSA) is 73.0 Å². The molecule has 2 aromatic rings. The number of carbonyl (C=O) groups is 3. The second-order valence-corrected chi connectivity index (χ2v) is 8.90. The van der Waals surface area contributed by atoms with E-state index in [2.05, 4.69) is 10.2 Å². The summed E-state index contributed by atoms with van der Waals surface area (Å²) >= 11 is 0. The van der Waals surface area contributed by atoms with Gasteiger partial charge in [0.05, 0.1) is 6.54 Å². The minimum atomic E-state index is -0.781. The van der Waals surface area contributed by atoms with Crippen molar-refractivity contribution in [3.8, 4) is 0 Å². The van der Waals surface area contributed by atoms with Crippen molar-refractivity contribution >= 4 is 23.4 Å². The Morgan fingerprint density at radius 2 is 1.62 bits per heavy atom. The molecule has 2 fully saturated rings. The van der Waals surface area contributed by atoms with Crippen LogP contribution < -0.4 is 5.32 Å². The third kappa shape index (κ3) is 3.66. The summed E-state index contributed by atoms with van der Waals surface area (Å²) in [6.45, 7) is 3.39. The number of anilines is 1. The molecule has 7 heteroatoms. The monoisotopic (exact) mass is 432 g/mol. The first-order valence-corrected chi connectivity index (χ1v) is 11.3. The summed E-state index contributed by atoms with van der Waals surface area (Å²) in [6.07, 6.45) is 2.10. The first kappa shape index (κ1) is 20.7. The Kier molecular flexibility index (Phi) is 5.43. The van der Waals surface area contributed by atoms with Crippen LogP contribution in [-0.2, 0) is 16.0 Å². The van der Waals surface area contributed by atoms with Gasteiger partial charge >= 0.3 is 0 Å². The third-order valence-electron chi connectivity index (χ3n) is 7.00. The molecule has 1 spiro atoms. The lowest BCUT2D eigenvalue weighted by atomic mass is 9.83. The number of amides is 3. The minimum Gasteiger partial charge on any atom is -0.336 e. The van der Waals surface area contributed by atoms with Crippen molar-refractivity contribution in [2.75, 3.05) is 44.6 Å². The Labute approximate surface area is 188 Å². The molecule has 0 radical (unpaired) electrons. The molecule has 0 bridgehead atoms. The zero-order valence-corrected chi connectivity index (χ0v) is 18.1. The first-order valence-electron chi connectivity index (χ1n) is 11.3. The van der Waals surface area contributed by atoms with Gasteiger partial charge in [-0.1, -0.05) is 36.4 Å². The van der Waals surface area contributed by atoms with E-state index in [-0.39, 0.29) is 24.3 Å². The molecule has 0 aromatic heterocycles. The SMILES string of the molecule is O=C(c1ccccc1)N1CCN(CC(=O)N2CCCC23Cc2ccccc2NC3=O)CC1. The van der Waals surface area contributed by atoms with Gasteiger partial charge in [0.25, 0.3) is 11.8 Å². The van der Waals surface area contributed by atoms with Crippen molar-refractivity contribution in [2.45, 2.75) is 24.8 Å². The second kappa shape index (κ2) is 8.39. The smallest absolute Gasteiger partial charge is 0.253 e. The highest BCUT2D eigenvalue weighted by Crippen LogP contribution is 2.39. The number of nitrogens with one attached hydrogen (secondary N) is 1. The molecule has 1 unspecified atom stereocenters. The third-order valence-corrected chi connectivity index (χ3v) is 7.00. The Bertz CT molecular complexity index is 1030. The summed E-state index contributed by atoms with van der Waals surface area (Å²) in [5, 5.41) is 3.02. The van der Waals surface area contributed by atoms with Crippen LogP contribution >= 0.6 is 0 Å². The fourth-order valence-corrected chi connectivity index (χ4v) is 5.24. The largest absolute Gasteiger partial charge is 0.336 e. The van der Waals surface area contributed by atoms with E-state index in [0.29, 0.717) is 51.1 Å². The van der Waals surface area contributed by atoms with Crippen LogP contribution in [0, 0.1) is 0 Å². The molecule has 3 aliphatic rings. The predicted molar refractivity (Wildman–Crippen MR) is 121 cm³/mol. The van der Waals surface area contributed by atoms with E-state index in [1.165, 1.54) is 0 Å². The molecule has 2 saturated heterocycles. The number of likely N-dealkylation sites (tertiary alicyclic amines) is 1. The van der Waals surface area contributed by atoms with Crippen LogP contribution in [0.15, 0.2) is 54.6 Å². The predicted octanol–water partition coefficient (Wildman–Crippen LogP) is 2.00. The Hall–Kier alpha value is -3.19. The summed E-state index contributed by atoms with van der Waals surface area (Å²) < 4.78 is 0. The average molecular weight is 433 g/mol. The van der Waals surface area contributed by atoms with Gasteiger partial charge in [0.2, 0.25) is 5.91 Å². The lowest BCUT2D eigenvalue weighted by Crippen LogP contribution is -2.60. The zero-order chi connectivity index (χ0) is 22.1. The van der Waals surface area contributed by atoms with Gasteiger partial charge < -0.3 is 15.1 Å². The summed E-state index contributed by atoms with van der Waals surface area (Å²) in [5.74, 6) is -0.0344. The van der Waals surface area contributed by atoms with Crippen molar-refractivity contribution in [2.24, 2.45) is 0 Å². The van der Waals surface area contributed by atoms with E-state index < -0.39 is 5.54 Å². The molecular formula is C25H28N4O3. The van der Waals surface area contributed by atoms with Crippen molar-refractivity contribution < 1.29 is 14.4 Å². The number of benzene rings is 2. The summed E-state index contributed by atoms with van der Waals surface area (Å²) in [4.78, 5) is 44.8. The van der Waals surface area contributed by atoms with Crippen LogP contribution in [0.2, 0.25) is 0 Å². The van der Waals surface area contributed by atoms with E-state index in [0.717, 1.165) is 17.7 Å². The fraction of sp³-hybridized carbons (Fsp3) is 0.400. The molecule has 5 rings (SSSR count). The van der Waals surface area contributed by atoms with Crippen LogP contribution in [0.5, 0.6) is 0 Å². The first-order chi connectivity index (χ1) is 15.6. The lowest BCUT2D eigenvalue weighted by molar-refractivity contribution is -0.144. The number of hydrogen-bond donors (Lipinski definition) is 1. The minimum absolute atomic E-state index is 0.000123. The zero-order valence-electron chi connectivity index (χ0n) is 18.1. The highest BCUT2D eigenvalue weighted by atomic mass is 16.2. The standard InChI is InChI=1S/C25H28N4O3/c30-22(18-27-13-15-28(16-14-27)23(31)19-7-2-1-3-8-19)29-12-6-11-25(29)17-20-9-4-5-10-21(20)26-24(25)32/h1-5,7-10H,6,11-18H2,(H,26,32). The van der Waals surface area contributed by atoms with Gasteiger partial charge in [-0.2, -0.15) is 0 Å². The molecule has 3 aliphatic heterocycles. The Morgan fingerprint density at radius 3 is 2.41 bits per heavy atom. The molecule has 7 nitrogen and oxygen atoms in total. The number of piperazine rings is 1. The van der Waals surface area contributed by atoms with Crippen molar-refractivity contribution in [1.29, 1.82) is 0 Å². The lowest BCUT2D eigenvalue weighted by Gasteiger charge is -2.42. The van der Waals surface area contributed by atoms with E-state index in [1.807, 2.05) is 59.5 Å². The molecular weight excluding hydrogens is 404 g/mol. The van der Waals surface area contributed by atoms with Crippen LogP contribution in [-0.4, -0.2) is 77.2 Å². The highest BCUT2D eigenvalue weighted by molar-refractivity contribution is 6.04. The molecule has 1 N–H and O–H groups in total. The maximum atomic E-state index is 13.3. The summed E-state index contributed by atoms with van der Waals surface area (Å²) in [5.41, 5.74) is 1.84. The quantitative estimate of drug-likeness (QED) is 0.805. The number of carbonyl (C=O) groups excluding carboxylic acids is 3. The molecule has 3 amide bonds. The van der Waals surface area contributed by atoms with Gasteiger partial charge in [-0.05, 0) is 36.6 Å². The van der Waals surface area contributed by atoms with Crippen LogP contribution in [0.25, 0.3) is 0 Å². The molecule has 0 saturated carbocycles. The maximum Gasteiger partial charge on any atom is 0.253 e. The van der Waals surface area contributed by atoms with Crippen LogP contribution in [0.3, 0.4) is 0 Å². The number of para-hydroxylation sites is 1. The van der Waals surface area contributed by atoms with Crippen LogP contribution in [0.4, 0.5) is 5.69 Å². The van der Waals surface area contributed by atoms with E-state index in [1.54, 1.807) is 4.90 Å². The van der Waals surface area contributed by atoms with E-state index in [4.69, 9.17) is 0 Å². The van der Waals surface area contributed by atoms with Crippen LogP contribution in [0.1, 0.15) is 28.8 Å². The Balaban J connectivity index is 1.22. The normalized spacial score (nSPS) is 23.2. The molecule has 3 heterocycles. The molecule has 166 valence electrons. The van der Waals surface area contributed by atoms with E-state index in [9.17, 15) is 14.4 Å². The van der Waals surface area contributed by atoms with Gasteiger partial charge in [0.1, 0.15) is 5.54 Å². The number of fused-ring (bicyclic) bond motifs is 1. The molecule has 1 atom stereocenters. The average Bonchev–Trinajstić information content (AvgIpc) is 3.25. The van der Waals surface area contributed by atoms with Crippen molar-refractivity contribution in [3.05, 3.63) is 65.7 Å². The highest BCUT2D eigenvalue weighted by Gasteiger charge is 2.51. The molecule has 0 aliphatic carbocycles. The van der Waals surface area contributed by atoms with Gasteiger partial charge in [0.15, 0.2) is 0 Å². The van der Waals surface area contributed by atoms with Crippen molar-refractivity contribution in [1.82, 2.24) is 14.7 Å². The van der Waals surface area contributed by atoms with Gasteiger partial charge in [0, 0.05) is 50.4 Å². The molecule has 32 heavy (non-hydrogen) atoms. The van der Waals surface area contributed by atoms with Gasteiger partial charge in [-0.15, -0.1) is 0 Å².